The van der Waals surface area contributed by atoms with Crippen molar-refractivity contribution in [1.29, 1.82) is 0 Å². The molecule has 0 saturated heterocycles. The van der Waals surface area contributed by atoms with E-state index in [-0.39, 0.29) is 11.6 Å². The molecule has 0 aromatic carbocycles. The SMILES string of the molecule is [C-]#[N+][C@@]1(C)CC[C@H](C2=CCC(C(=C)C)OC2)[C@H]2C=C(C)CC[C@@H]21. The fourth-order valence-electron chi connectivity index (χ4n) is 4.81. The summed E-state index contributed by atoms with van der Waals surface area (Å²) in [5.41, 5.74) is 3.92. The van der Waals surface area contributed by atoms with E-state index in [9.17, 15) is 0 Å². The predicted octanol–water partition coefficient (Wildman–Crippen LogP) is 5.34. The summed E-state index contributed by atoms with van der Waals surface area (Å²) in [7, 11) is 0. The van der Waals surface area contributed by atoms with Crippen LogP contribution in [0.15, 0.2) is 35.5 Å². The van der Waals surface area contributed by atoms with Gasteiger partial charge in [0.25, 0.3) is 0 Å². The van der Waals surface area contributed by atoms with Crippen molar-refractivity contribution in [1.82, 2.24) is 0 Å². The summed E-state index contributed by atoms with van der Waals surface area (Å²) in [4.78, 5) is 4.06. The summed E-state index contributed by atoms with van der Waals surface area (Å²) in [6, 6.07) is 0. The molecule has 2 nitrogen and oxygen atoms in total. The molecular weight excluding hydrogens is 282 g/mol. The van der Waals surface area contributed by atoms with E-state index < -0.39 is 0 Å². The second kappa shape index (κ2) is 6.29. The lowest BCUT2D eigenvalue weighted by atomic mass is 9.58. The maximum atomic E-state index is 7.71. The first-order chi connectivity index (χ1) is 10.9. The standard InChI is InChI=1S/C21H29NO/c1-14(2)20-9-7-16(13-23-20)17-10-11-21(4,22-5)19-8-6-15(3)12-18(17)19/h7,12,17-20H,1,6,8-11,13H2,2-4H3/t17-,18-,19+,20?,21+/m1/s1. The average molecular weight is 311 g/mol. The van der Waals surface area contributed by atoms with Crippen molar-refractivity contribution >= 4 is 0 Å². The van der Waals surface area contributed by atoms with Gasteiger partial charge in [-0.3, -0.25) is 0 Å². The second-order valence-electron chi connectivity index (χ2n) is 8.01. The topological polar surface area (TPSA) is 13.6 Å². The maximum Gasteiger partial charge on any atom is 0.233 e. The third-order valence-electron chi connectivity index (χ3n) is 6.34. The van der Waals surface area contributed by atoms with Crippen molar-refractivity contribution in [2.24, 2.45) is 17.8 Å². The molecule has 1 heterocycles. The molecular formula is C21H29NO. The van der Waals surface area contributed by atoms with Crippen molar-refractivity contribution in [3.8, 4) is 0 Å². The van der Waals surface area contributed by atoms with Gasteiger partial charge in [-0.25, -0.2) is 6.57 Å². The summed E-state index contributed by atoms with van der Waals surface area (Å²) >= 11 is 0. The first-order valence-electron chi connectivity index (χ1n) is 8.96. The van der Waals surface area contributed by atoms with Gasteiger partial charge >= 0.3 is 0 Å². The quantitative estimate of drug-likeness (QED) is 0.496. The molecule has 5 atom stereocenters. The summed E-state index contributed by atoms with van der Waals surface area (Å²) < 4.78 is 6.04. The zero-order valence-corrected chi connectivity index (χ0v) is 14.8. The Kier molecular flexibility index (Phi) is 4.52. The van der Waals surface area contributed by atoms with E-state index in [4.69, 9.17) is 11.3 Å². The van der Waals surface area contributed by atoms with Gasteiger partial charge < -0.3 is 9.58 Å². The highest BCUT2D eigenvalue weighted by molar-refractivity contribution is 5.25. The molecule has 0 spiro atoms. The van der Waals surface area contributed by atoms with Crippen LogP contribution < -0.4 is 0 Å². The Morgan fingerprint density at radius 1 is 1.43 bits per heavy atom. The molecule has 0 aromatic heterocycles. The zero-order chi connectivity index (χ0) is 16.6. The molecule has 1 fully saturated rings. The lowest BCUT2D eigenvalue weighted by Crippen LogP contribution is -2.46. The van der Waals surface area contributed by atoms with E-state index >= 15 is 0 Å². The zero-order valence-electron chi connectivity index (χ0n) is 14.8. The Bertz CT molecular complexity index is 593. The minimum atomic E-state index is -0.172. The van der Waals surface area contributed by atoms with Gasteiger partial charge in [-0.05, 0) is 56.9 Å². The van der Waals surface area contributed by atoms with Crippen LogP contribution in [0.2, 0.25) is 0 Å². The third kappa shape index (κ3) is 3.04. The number of hydrogen-bond acceptors (Lipinski definition) is 1. The first-order valence-corrected chi connectivity index (χ1v) is 8.96. The monoisotopic (exact) mass is 311 g/mol. The van der Waals surface area contributed by atoms with E-state index in [1.807, 2.05) is 0 Å². The van der Waals surface area contributed by atoms with Crippen molar-refractivity contribution in [3.63, 3.8) is 0 Å². The van der Waals surface area contributed by atoms with Crippen LogP contribution in [0.5, 0.6) is 0 Å². The third-order valence-corrected chi connectivity index (χ3v) is 6.34. The van der Waals surface area contributed by atoms with Gasteiger partial charge in [-0.15, -0.1) is 0 Å². The van der Waals surface area contributed by atoms with E-state index in [2.05, 4.69) is 44.3 Å². The Morgan fingerprint density at radius 2 is 2.22 bits per heavy atom. The van der Waals surface area contributed by atoms with Gasteiger partial charge in [0.05, 0.1) is 12.7 Å². The highest BCUT2D eigenvalue weighted by Gasteiger charge is 2.52. The molecule has 0 amide bonds. The van der Waals surface area contributed by atoms with Gasteiger partial charge in [0.2, 0.25) is 5.54 Å². The summed E-state index contributed by atoms with van der Waals surface area (Å²) in [5.74, 6) is 1.59. The van der Waals surface area contributed by atoms with Gasteiger partial charge in [0.1, 0.15) is 0 Å². The smallest absolute Gasteiger partial charge is 0.233 e. The van der Waals surface area contributed by atoms with Crippen LogP contribution in [0, 0.1) is 24.3 Å². The molecule has 2 heteroatoms. The fourth-order valence-corrected chi connectivity index (χ4v) is 4.81. The van der Waals surface area contributed by atoms with Gasteiger partial charge in [-0.2, -0.15) is 0 Å². The van der Waals surface area contributed by atoms with Crippen LogP contribution in [0.1, 0.15) is 52.9 Å². The lowest BCUT2D eigenvalue weighted by molar-refractivity contribution is 0.0642. The molecule has 2 aliphatic carbocycles. The first kappa shape index (κ1) is 16.5. The molecule has 0 aromatic rings. The summed E-state index contributed by atoms with van der Waals surface area (Å²) in [6.45, 7) is 19.0. The predicted molar refractivity (Wildman–Crippen MR) is 95.0 cm³/mol. The van der Waals surface area contributed by atoms with E-state index in [1.165, 1.54) is 17.6 Å². The van der Waals surface area contributed by atoms with Crippen LogP contribution >= 0.6 is 0 Å². The number of allylic oxidation sites excluding steroid dienone is 2. The van der Waals surface area contributed by atoms with Crippen molar-refractivity contribution in [3.05, 3.63) is 46.9 Å². The Balaban J connectivity index is 1.85. The van der Waals surface area contributed by atoms with Crippen LogP contribution in [-0.2, 0) is 4.74 Å². The minimum Gasteiger partial charge on any atom is -0.369 e. The van der Waals surface area contributed by atoms with Gasteiger partial charge in [0.15, 0.2) is 0 Å². The fraction of sp³-hybridized carbons (Fsp3) is 0.667. The maximum absolute atomic E-state index is 7.71. The van der Waals surface area contributed by atoms with Crippen molar-refractivity contribution in [2.45, 2.75) is 64.5 Å². The van der Waals surface area contributed by atoms with Gasteiger partial charge in [-0.1, -0.05) is 29.9 Å². The van der Waals surface area contributed by atoms with E-state index in [0.29, 0.717) is 17.8 Å². The average Bonchev–Trinajstić information content (AvgIpc) is 2.55. The molecule has 23 heavy (non-hydrogen) atoms. The second-order valence-corrected chi connectivity index (χ2v) is 8.01. The number of nitrogens with zero attached hydrogens (tertiary/aromatic N) is 1. The molecule has 1 unspecified atom stereocenters. The number of rotatable bonds is 2. The van der Waals surface area contributed by atoms with Crippen molar-refractivity contribution < 1.29 is 4.74 Å². The highest BCUT2D eigenvalue weighted by Crippen LogP contribution is 2.51. The van der Waals surface area contributed by atoms with Crippen LogP contribution in [0.25, 0.3) is 4.85 Å². The number of ether oxygens (including phenoxy) is 1. The minimum absolute atomic E-state index is 0.172. The van der Waals surface area contributed by atoms with E-state index in [1.54, 1.807) is 0 Å². The number of fused-ring (bicyclic) bond motifs is 1. The molecule has 3 aliphatic rings. The Morgan fingerprint density at radius 3 is 2.83 bits per heavy atom. The van der Waals surface area contributed by atoms with Gasteiger partial charge in [0, 0.05) is 19.3 Å². The Hall–Kier alpha value is -1.33. The molecule has 1 aliphatic heterocycles. The Labute approximate surface area is 141 Å². The molecule has 0 bridgehead atoms. The van der Waals surface area contributed by atoms with E-state index in [0.717, 1.165) is 37.9 Å². The molecule has 0 radical (unpaired) electrons. The van der Waals surface area contributed by atoms with Crippen LogP contribution in [0.3, 0.4) is 0 Å². The summed E-state index contributed by atoms with van der Waals surface area (Å²) in [6.07, 6.45) is 10.5. The van der Waals surface area contributed by atoms with Crippen LogP contribution in [0.4, 0.5) is 0 Å². The highest BCUT2D eigenvalue weighted by atomic mass is 16.5. The lowest BCUT2D eigenvalue weighted by Gasteiger charge is -2.45. The molecule has 3 rings (SSSR count). The molecule has 124 valence electrons. The largest absolute Gasteiger partial charge is 0.369 e. The normalized spacial score (nSPS) is 40.4. The van der Waals surface area contributed by atoms with Crippen molar-refractivity contribution in [2.75, 3.05) is 6.61 Å². The summed E-state index contributed by atoms with van der Waals surface area (Å²) in [5, 5.41) is 0. The molecule has 0 N–H and O–H groups in total. The molecule has 1 saturated carbocycles. The number of hydrogen-bond donors (Lipinski definition) is 0. The van der Waals surface area contributed by atoms with Crippen LogP contribution in [-0.4, -0.2) is 18.2 Å².